The van der Waals surface area contributed by atoms with Gasteiger partial charge in [-0.15, -0.1) is 0 Å². The van der Waals surface area contributed by atoms with Crippen LogP contribution in [0.5, 0.6) is 0 Å². The first-order valence-corrected chi connectivity index (χ1v) is 6.26. The number of hydrogen-bond donors (Lipinski definition) is 0. The highest BCUT2D eigenvalue weighted by Crippen LogP contribution is 2.38. The van der Waals surface area contributed by atoms with Crippen LogP contribution in [0.25, 0.3) is 0 Å². The van der Waals surface area contributed by atoms with Crippen molar-refractivity contribution in [3.8, 4) is 0 Å². The molecule has 1 aliphatic carbocycles. The molecule has 0 fully saturated rings. The highest BCUT2D eigenvalue weighted by atomic mass is 35.5. The lowest BCUT2D eigenvalue weighted by atomic mass is 9.77. The maximum atomic E-state index is 6.03. The van der Waals surface area contributed by atoms with E-state index in [1.54, 1.807) is 13.2 Å². The maximum Gasteiger partial charge on any atom is 0.138 e. The van der Waals surface area contributed by atoms with Gasteiger partial charge >= 0.3 is 0 Å². The molecule has 0 aliphatic heterocycles. The van der Waals surface area contributed by atoms with Gasteiger partial charge in [-0.25, -0.2) is 9.97 Å². The molecule has 3 nitrogen and oxygen atoms in total. The van der Waals surface area contributed by atoms with E-state index >= 15 is 0 Å². The van der Waals surface area contributed by atoms with E-state index in [0.717, 1.165) is 17.9 Å². The Kier molecular flexibility index (Phi) is 3.02. The molecule has 1 heterocycles. The Morgan fingerprint density at radius 2 is 2.17 bits per heavy atom. The molecule has 4 heteroatoms. The monoisotopic (exact) mass is 260 g/mol. The van der Waals surface area contributed by atoms with Crippen LogP contribution in [-0.2, 0) is 17.8 Å². The van der Waals surface area contributed by atoms with Crippen molar-refractivity contribution in [1.29, 1.82) is 0 Å². The number of hydrogen-bond acceptors (Lipinski definition) is 3. The van der Waals surface area contributed by atoms with Gasteiger partial charge in [-0.1, -0.05) is 35.9 Å². The molecule has 1 atom stereocenters. The molecule has 1 aromatic carbocycles. The quantitative estimate of drug-likeness (QED) is 0.796. The average molecular weight is 261 g/mol. The topological polar surface area (TPSA) is 35.0 Å². The Balaban J connectivity index is 1.95. The van der Waals surface area contributed by atoms with Gasteiger partial charge in [0, 0.05) is 13.0 Å². The zero-order valence-corrected chi connectivity index (χ0v) is 10.8. The van der Waals surface area contributed by atoms with E-state index in [0.29, 0.717) is 11.8 Å². The molecular formula is C14H13ClN2O. The molecule has 18 heavy (non-hydrogen) atoms. The SMILES string of the molecule is COCc1cc(Cl)nc(C2Cc3ccccc32)n1. The molecule has 1 unspecified atom stereocenters. The van der Waals surface area contributed by atoms with Crippen molar-refractivity contribution in [3.63, 3.8) is 0 Å². The molecule has 2 aromatic rings. The molecule has 0 saturated heterocycles. The minimum Gasteiger partial charge on any atom is -0.378 e. The summed E-state index contributed by atoms with van der Waals surface area (Å²) in [6.07, 6.45) is 0.989. The smallest absolute Gasteiger partial charge is 0.138 e. The number of rotatable bonds is 3. The van der Waals surface area contributed by atoms with E-state index in [1.807, 2.05) is 6.07 Å². The third kappa shape index (κ3) is 2.00. The van der Waals surface area contributed by atoms with Crippen molar-refractivity contribution in [1.82, 2.24) is 9.97 Å². The number of methoxy groups -OCH3 is 1. The van der Waals surface area contributed by atoms with Crippen LogP contribution in [0.3, 0.4) is 0 Å². The van der Waals surface area contributed by atoms with Gasteiger partial charge in [0.05, 0.1) is 12.3 Å². The maximum absolute atomic E-state index is 6.03. The van der Waals surface area contributed by atoms with Gasteiger partial charge in [-0.2, -0.15) is 0 Å². The summed E-state index contributed by atoms with van der Waals surface area (Å²) in [6, 6.07) is 10.1. The fraction of sp³-hybridized carbons (Fsp3) is 0.286. The van der Waals surface area contributed by atoms with Crippen molar-refractivity contribution in [2.24, 2.45) is 0 Å². The van der Waals surface area contributed by atoms with Crippen LogP contribution in [0.4, 0.5) is 0 Å². The van der Waals surface area contributed by atoms with Crippen LogP contribution in [0.2, 0.25) is 5.15 Å². The summed E-state index contributed by atoms with van der Waals surface area (Å²) in [7, 11) is 1.65. The first-order valence-electron chi connectivity index (χ1n) is 5.88. The fourth-order valence-corrected chi connectivity index (χ4v) is 2.56. The Morgan fingerprint density at radius 1 is 1.33 bits per heavy atom. The molecule has 1 aromatic heterocycles. The normalized spacial score (nSPS) is 17.1. The summed E-state index contributed by atoms with van der Waals surface area (Å²) < 4.78 is 5.09. The van der Waals surface area contributed by atoms with E-state index in [-0.39, 0.29) is 5.92 Å². The van der Waals surface area contributed by atoms with E-state index < -0.39 is 0 Å². The molecule has 1 aliphatic rings. The van der Waals surface area contributed by atoms with Gasteiger partial charge in [-0.05, 0) is 23.6 Å². The number of ether oxygens (including phenoxy) is 1. The lowest BCUT2D eigenvalue weighted by molar-refractivity contribution is 0.181. The number of aromatic nitrogens is 2. The van der Waals surface area contributed by atoms with Crippen molar-refractivity contribution in [3.05, 3.63) is 58.1 Å². The fourth-order valence-electron chi connectivity index (χ4n) is 2.35. The van der Waals surface area contributed by atoms with Gasteiger partial charge in [0.15, 0.2) is 0 Å². The lowest BCUT2D eigenvalue weighted by Gasteiger charge is -2.28. The van der Waals surface area contributed by atoms with Crippen LogP contribution in [0.1, 0.15) is 28.6 Å². The Morgan fingerprint density at radius 3 is 2.94 bits per heavy atom. The lowest BCUT2D eigenvalue weighted by Crippen LogP contribution is -2.21. The van der Waals surface area contributed by atoms with Crippen molar-refractivity contribution in [2.75, 3.05) is 7.11 Å². The van der Waals surface area contributed by atoms with Crippen LogP contribution in [0, 0.1) is 0 Å². The molecular weight excluding hydrogens is 248 g/mol. The second-order valence-corrected chi connectivity index (χ2v) is 4.82. The Hall–Kier alpha value is -1.45. The predicted octanol–water partition coefficient (Wildman–Crippen LogP) is 2.96. The number of halogens is 1. The van der Waals surface area contributed by atoms with Gasteiger partial charge in [0.2, 0.25) is 0 Å². The Labute approximate surface area is 111 Å². The van der Waals surface area contributed by atoms with E-state index in [1.165, 1.54) is 11.1 Å². The standard InChI is InChI=1S/C14H13ClN2O/c1-18-8-10-7-13(15)17-14(16-10)12-6-9-4-2-3-5-11(9)12/h2-5,7,12H,6,8H2,1H3. The Bertz CT molecular complexity index is 586. The van der Waals surface area contributed by atoms with E-state index in [4.69, 9.17) is 16.3 Å². The van der Waals surface area contributed by atoms with Crippen LogP contribution in [-0.4, -0.2) is 17.1 Å². The zero-order chi connectivity index (χ0) is 12.5. The minimum absolute atomic E-state index is 0.274. The molecule has 0 saturated carbocycles. The van der Waals surface area contributed by atoms with Crippen LogP contribution < -0.4 is 0 Å². The summed E-state index contributed by atoms with van der Waals surface area (Å²) >= 11 is 6.03. The van der Waals surface area contributed by atoms with E-state index in [9.17, 15) is 0 Å². The van der Waals surface area contributed by atoms with Crippen LogP contribution in [0.15, 0.2) is 30.3 Å². The predicted molar refractivity (Wildman–Crippen MR) is 69.7 cm³/mol. The molecule has 0 N–H and O–H groups in total. The molecule has 92 valence electrons. The van der Waals surface area contributed by atoms with E-state index in [2.05, 4.69) is 28.2 Å². The molecule has 0 bridgehead atoms. The highest BCUT2D eigenvalue weighted by molar-refractivity contribution is 6.29. The van der Waals surface area contributed by atoms with Gasteiger partial charge in [0.25, 0.3) is 0 Å². The van der Waals surface area contributed by atoms with Crippen molar-refractivity contribution < 1.29 is 4.74 Å². The summed E-state index contributed by atoms with van der Waals surface area (Å²) in [4.78, 5) is 8.86. The number of benzene rings is 1. The van der Waals surface area contributed by atoms with Gasteiger partial charge < -0.3 is 4.74 Å². The summed E-state index contributed by atoms with van der Waals surface area (Å²) in [5.74, 6) is 1.07. The molecule has 0 amide bonds. The summed E-state index contributed by atoms with van der Waals surface area (Å²) in [5, 5.41) is 0.483. The number of fused-ring (bicyclic) bond motifs is 1. The summed E-state index contributed by atoms with van der Waals surface area (Å²) in [5.41, 5.74) is 3.51. The second-order valence-electron chi connectivity index (χ2n) is 4.43. The number of nitrogens with zero attached hydrogens (tertiary/aromatic N) is 2. The third-order valence-electron chi connectivity index (χ3n) is 3.22. The molecule has 0 radical (unpaired) electrons. The first kappa shape index (κ1) is 11.6. The first-order chi connectivity index (χ1) is 8.78. The van der Waals surface area contributed by atoms with Gasteiger partial charge in [0.1, 0.15) is 11.0 Å². The average Bonchev–Trinajstić information content (AvgIpc) is 2.30. The van der Waals surface area contributed by atoms with Crippen LogP contribution >= 0.6 is 11.6 Å². The largest absolute Gasteiger partial charge is 0.378 e. The van der Waals surface area contributed by atoms with Crippen molar-refractivity contribution in [2.45, 2.75) is 18.9 Å². The second kappa shape index (κ2) is 4.67. The molecule has 3 rings (SSSR count). The van der Waals surface area contributed by atoms with Gasteiger partial charge in [-0.3, -0.25) is 0 Å². The zero-order valence-electron chi connectivity index (χ0n) is 10.1. The third-order valence-corrected chi connectivity index (χ3v) is 3.42. The highest BCUT2D eigenvalue weighted by Gasteiger charge is 2.29. The minimum atomic E-state index is 0.274. The summed E-state index contributed by atoms with van der Waals surface area (Å²) in [6.45, 7) is 0.462. The van der Waals surface area contributed by atoms with Crippen molar-refractivity contribution >= 4 is 11.6 Å². The molecule has 0 spiro atoms.